The molecule has 0 aliphatic carbocycles. The van der Waals surface area contributed by atoms with Gasteiger partial charge in [-0.3, -0.25) is 9.59 Å². The second-order valence-electron chi connectivity index (χ2n) is 6.47. The van der Waals surface area contributed by atoms with Crippen LogP contribution in [0.25, 0.3) is 0 Å². The third-order valence-corrected chi connectivity index (χ3v) is 5.33. The minimum atomic E-state index is -0.749. The smallest absolute Gasteiger partial charge is 0.309 e. The Labute approximate surface area is 124 Å². The summed E-state index contributed by atoms with van der Waals surface area (Å²) in [5, 5.41) is 9.54. The fraction of sp³-hybridized carbons (Fsp3) is 0.867. The fourth-order valence-corrected chi connectivity index (χ4v) is 4.37. The van der Waals surface area contributed by atoms with Crippen LogP contribution in [0.4, 0.5) is 0 Å². The number of aliphatic hydroxyl groups excluding tert-OH is 1. The van der Waals surface area contributed by atoms with Gasteiger partial charge in [-0.15, -0.1) is 0 Å². The summed E-state index contributed by atoms with van der Waals surface area (Å²) in [6.45, 7) is 1.82. The van der Waals surface area contributed by atoms with E-state index in [1.54, 1.807) is 12.0 Å². The van der Waals surface area contributed by atoms with Crippen molar-refractivity contribution >= 4 is 11.9 Å². The topological polar surface area (TPSA) is 76.1 Å². The molecule has 0 radical (unpaired) electrons. The highest BCUT2D eigenvalue weighted by atomic mass is 16.6. The predicted octanol–water partition coefficient (Wildman–Crippen LogP) is 0.469. The molecule has 0 saturated carbocycles. The molecular weight excluding hydrogens is 274 g/mol. The summed E-state index contributed by atoms with van der Waals surface area (Å²) in [7, 11) is 1.61. The van der Waals surface area contributed by atoms with E-state index >= 15 is 0 Å². The molecule has 3 aliphatic rings. The van der Waals surface area contributed by atoms with Crippen LogP contribution in [0, 0.1) is 5.92 Å². The Morgan fingerprint density at radius 2 is 2.14 bits per heavy atom. The first-order valence-corrected chi connectivity index (χ1v) is 7.71. The molecule has 3 aliphatic heterocycles. The molecule has 0 bridgehead atoms. The van der Waals surface area contributed by atoms with E-state index in [2.05, 4.69) is 0 Å². The van der Waals surface area contributed by atoms with Crippen molar-refractivity contribution in [3.63, 3.8) is 0 Å². The minimum Gasteiger partial charge on any atom is -0.454 e. The van der Waals surface area contributed by atoms with Crippen molar-refractivity contribution in [1.82, 2.24) is 4.90 Å². The number of carbonyl (C=O) groups excluding carboxylic acids is 2. The molecule has 3 saturated heterocycles. The summed E-state index contributed by atoms with van der Waals surface area (Å²) < 4.78 is 11.4. The average molecular weight is 297 g/mol. The Morgan fingerprint density at radius 1 is 1.38 bits per heavy atom. The lowest BCUT2D eigenvalue weighted by molar-refractivity contribution is -0.173. The highest BCUT2D eigenvalue weighted by molar-refractivity contribution is 5.79. The van der Waals surface area contributed by atoms with Gasteiger partial charge in [0, 0.05) is 20.0 Å². The second kappa shape index (κ2) is 5.25. The van der Waals surface area contributed by atoms with Gasteiger partial charge in [-0.2, -0.15) is 0 Å². The molecule has 1 spiro atoms. The highest BCUT2D eigenvalue weighted by Crippen LogP contribution is 2.47. The third kappa shape index (κ3) is 2.07. The molecule has 1 amide bonds. The minimum absolute atomic E-state index is 0.0334. The molecule has 3 heterocycles. The SMILES string of the molecule is CO[C@@H]1CCC(=O)N2[C@H](CO)CC[C@H]2[C@@]12C[C@@H](C)C(=O)O2. The highest BCUT2D eigenvalue weighted by Gasteiger charge is 2.61. The van der Waals surface area contributed by atoms with Crippen molar-refractivity contribution in [1.29, 1.82) is 0 Å². The zero-order chi connectivity index (χ0) is 15.2. The summed E-state index contributed by atoms with van der Waals surface area (Å²) in [6, 6.07) is -0.340. The number of rotatable bonds is 2. The molecule has 3 rings (SSSR count). The van der Waals surface area contributed by atoms with Gasteiger partial charge in [-0.05, 0) is 19.3 Å². The summed E-state index contributed by atoms with van der Waals surface area (Å²) in [5.41, 5.74) is -0.749. The number of aliphatic hydroxyl groups is 1. The normalized spacial score (nSPS) is 43.1. The number of hydrogen-bond acceptors (Lipinski definition) is 5. The van der Waals surface area contributed by atoms with Crippen molar-refractivity contribution < 1.29 is 24.2 Å². The van der Waals surface area contributed by atoms with E-state index in [-0.39, 0.29) is 42.6 Å². The third-order valence-electron chi connectivity index (χ3n) is 5.33. The summed E-state index contributed by atoms with van der Waals surface area (Å²) in [5.74, 6) is -0.351. The number of methoxy groups -OCH3 is 1. The van der Waals surface area contributed by atoms with Gasteiger partial charge in [-0.25, -0.2) is 0 Å². The fourth-order valence-electron chi connectivity index (χ4n) is 4.37. The zero-order valence-corrected chi connectivity index (χ0v) is 12.6. The lowest BCUT2D eigenvalue weighted by atomic mass is 9.81. The number of esters is 1. The Bertz CT molecular complexity index is 453. The molecule has 1 N–H and O–H groups in total. The quantitative estimate of drug-likeness (QED) is 0.750. The first-order chi connectivity index (χ1) is 10.0. The van der Waals surface area contributed by atoms with Crippen molar-refractivity contribution in [2.45, 2.75) is 62.8 Å². The maximum Gasteiger partial charge on any atom is 0.309 e. The van der Waals surface area contributed by atoms with Crippen molar-refractivity contribution in [2.24, 2.45) is 5.92 Å². The largest absolute Gasteiger partial charge is 0.454 e. The van der Waals surface area contributed by atoms with Gasteiger partial charge < -0.3 is 19.5 Å². The number of fused-ring (bicyclic) bond motifs is 2. The maximum atomic E-state index is 12.4. The van der Waals surface area contributed by atoms with Gasteiger partial charge in [0.1, 0.15) is 0 Å². The van der Waals surface area contributed by atoms with E-state index in [9.17, 15) is 14.7 Å². The van der Waals surface area contributed by atoms with E-state index in [0.717, 1.165) is 12.8 Å². The lowest BCUT2D eigenvalue weighted by Crippen LogP contribution is -2.58. The predicted molar refractivity (Wildman–Crippen MR) is 73.4 cm³/mol. The standard InChI is InChI=1S/C15H23NO5/c1-9-7-15(21-14(9)19)11-4-3-10(8-17)16(11)13(18)6-5-12(15)20-2/h9-12,17H,3-8H2,1-2H3/t9-,10+,11+,12-,15+/m1/s1. The zero-order valence-electron chi connectivity index (χ0n) is 12.6. The Morgan fingerprint density at radius 3 is 2.71 bits per heavy atom. The van der Waals surface area contributed by atoms with Crippen LogP contribution < -0.4 is 0 Å². The van der Waals surface area contributed by atoms with Gasteiger partial charge in [-0.1, -0.05) is 6.92 Å². The van der Waals surface area contributed by atoms with Crippen molar-refractivity contribution in [3.05, 3.63) is 0 Å². The van der Waals surface area contributed by atoms with Crippen LogP contribution in [0.1, 0.15) is 39.0 Å². The summed E-state index contributed by atoms with van der Waals surface area (Å²) >= 11 is 0. The molecule has 6 heteroatoms. The molecule has 5 atom stereocenters. The van der Waals surface area contributed by atoms with Crippen LogP contribution in [0.5, 0.6) is 0 Å². The van der Waals surface area contributed by atoms with Crippen LogP contribution >= 0.6 is 0 Å². The molecule has 118 valence electrons. The summed E-state index contributed by atoms with van der Waals surface area (Å²) in [6.07, 6.45) is 2.74. The van der Waals surface area contributed by atoms with Crippen LogP contribution in [-0.2, 0) is 19.1 Å². The number of carbonyl (C=O) groups is 2. The number of amides is 1. The Kier molecular flexibility index (Phi) is 3.69. The van der Waals surface area contributed by atoms with E-state index in [0.29, 0.717) is 19.3 Å². The van der Waals surface area contributed by atoms with Crippen LogP contribution in [0.3, 0.4) is 0 Å². The molecule has 0 aromatic heterocycles. The van der Waals surface area contributed by atoms with Gasteiger partial charge in [0.05, 0.1) is 30.7 Å². The Balaban J connectivity index is 2.02. The van der Waals surface area contributed by atoms with Gasteiger partial charge in [0.25, 0.3) is 0 Å². The van der Waals surface area contributed by atoms with Crippen molar-refractivity contribution in [3.8, 4) is 0 Å². The molecule has 0 aromatic rings. The lowest BCUT2D eigenvalue weighted by Gasteiger charge is -2.41. The Hall–Kier alpha value is -1.14. The summed E-state index contributed by atoms with van der Waals surface area (Å²) in [4.78, 5) is 26.2. The van der Waals surface area contributed by atoms with E-state index in [1.165, 1.54) is 0 Å². The van der Waals surface area contributed by atoms with E-state index < -0.39 is 5.60 Å². The number of ether oxygens (including phenoxy) is 2. The maximum absolute atomic E-state index is 12.4. The van der Waals surface area contributed by atoms with Crippen LogP contribution in [0.2, 0.25) is 0 Å². The van der Waals surface area contributed by atoms with Crippen molar-refractivity contribution in [2.75, 3.05) is 13.7 Å². The van der Waals surface area contributed by atoms with Gasteiger partial charge in [0.2, 0.25) is 5.91 Å². The first kappa shape index (κ1) is 14.8. The van der Waals surface area contributed by atoms with E-state index in [4.69, 9.17) is 9.47 Å². The average Bonchev–Trinajstić information content (AvgIpc) is 2.99. The first-order valence-electron chi connectivity index (χ1n) is 7.71. The molecule has 3 fully saturated rings. The molecule has 0 aromatic carbocycles. The molecule has 21 heavy (non-hydrogen) atoms. The molecule has 6 nitrogen and oxygen atoms in total. The van der Waals surface area contributed by atoms with Gasteiger partial charge in [0.15, 0.2) is 5.60 Å². The molecule has 0 unspecified atom stereocenters. The second-order valence-corrected chi connectivity index (χ2v) is 6.47. The molecular formula is C15H23NO5. The van der Waals surface area contributed by atoms with Gasteiger partial charge >= 0.3 is 5.97 Å². The van der Waals surface area contributed by atoms with Crippen LogP contribution in [-0.4, -0.2) is 59.4 Å². The number of nitrogens with zero attached hydrogens (tertiary/aromatic N) is 1. The van der Waals surface area contributed by atoms with Crippen LogP contribution in [0.15, 0.2) is 0 Å². The number of hydrogen-bond donors (Lipinski definition) is 1. The monoisotopic (exact) mass is 297 g/mol. The van der Waals surface area contributed by atoms with E-state index in [1.807, 2.05) is 6.92 Å².